The van der Waals surface area contributed by atoms with Gasteiger partial charge in [0.25, 0.3) is 0 Å². The minimum atomic E-state index is 1.31. The van der Waals surface area contributed by atoms with Crippen LogP contribution in [0.15, 0.2) is 0 Å². The highest BCUT2D eigenvalue weighted by Crippen LogP contribution is 2.15. The summed E-state index contributed by atoms with van der Waals surface area (Å²) >= 11 is 0. The molecule has 0 aromatic heterocycles. The lowest BCUT2D eigenvalue weighted by Gasteiger charge is -2.16. The first-order valence-corrected chi connectivity index (χ1v) is 17.0. The molecule has 0 amide bonds. The molecule has 0 aromatic rings. The second kappa shape index (κ2) is 32.0. The maximum Gasteiger partial charge on any atom is -0.00218 e. The number of hydrogen-bond donors (Lipinski definition) is 0. The van der Waals surface area contributed by atoms with Gasteiger partial charge in [0, 0.05) is 0 Å². The van der Waals surface area contributed by atoms with Crippen molar-refractivity contribution >= 4 is 0 Å². The Morgan fingerprint density at radius 3 is 0.629 bits per heavy atom. The molecule has 0 rings (SSSR count). The molecule has 1 heteroatoms. The highest BCUT2D eigenvalue weighted by Gasteiger charge is 1.99. The third kappa shape index (κ3) is 31.9. The molecule has 0 radical (unpaired) electrons. The zero-order valence-electron chi connectivity index (χ0n) is 25.4. The molecule has 0 heterocycles. The van der Waals surface area contributed by atoms with Crippen molar-refractivity contribution in [3.05, 3.63) is 0 Å². The Hall–Kier alpha value is -0.0400. The van der Waals surface area contributed by atoms with Gasteiger partial charge in [0.05, 0.1) is 0 Å². The second-order valence-corrected chi connectivity index (χ2v) is 11.8. The summed E-state index contributed by atoms with van der Waals surface area (Å²) in [5, 5.41) is 0. The third-order valence-electron chi connectivity index (χ3n) is 8.04. The van der Waals surface area contributed by atoms with E-state index in [-0.39, 0.29) is 0 Å². The predicted molar refractivity (Wildman–Crippen MR) is 163 cm³/mol. The van der Waals surface area contributed by atoms with Gasteiger partial charge in [-0.2, -0.15) is 0 Å². The molecule has 0 aliphatic rings. The largest absolute Gasteiger partial charge is 0.306 e. The van der Waals surface area contributed by atoms with Crippen LogP contribution in [0, 0.1) is 0 Å². The van der Waals surface area contributed by atoms with Crippen LogP contribution in [0.2, 0.25) is 0 Å². The van der Waals surface area contributed by atoms with Gasteiger partial charge in [-0.25, -0.2) is 0 Å². The third-order valence-corrected chi connectivity index (χ3v) is 8.04. The Balaban J connectivity index is 3.11. The maximum atomic E-state index is 2.58. The van der Waals surface area contributed by atoms with E-state index in [1.165, 1.54) is 199 Å². The Morgan fingerprint density at radius 2 is 0.429 bits per heavy atom. The normalized spacial score (nSPS) is 11.7. The summed E-state index contributed by atoms with van der Waals surface area (Å²) in [7, 11) is 2.33. The first-order valence-electron chi connectivity index (χ1n) is 17.0. The van der Waals surface area contributed by atoms with Crippen LogP contribution in [0.1, 0.15) is 200 Å². The van der Waals surface area contributed by atoms with E-state index in [9.17, 15) is 0 Å². The molecule has 0 aliphatic heterocycles. The summed E-state index contributed by atoms with van der Waals surface area (Å²) in [6.07, 6.45) is 42.3. The minimum Gasteiger partial charge on any atom is -0.306 e. The summed E-state index contributed by atoms with van der Waals surface area (Å²) in [5.41, 5.74) is 0. The molecule has 0 bridgehead atoms. The van der Waals surface area contributed by atoms with Crippen LogP contribution < -0.4 is 0 Å². The summed E-state index contributed by atoms with van der Waals surface area (Å²) in [4.78, 5) is 2.58. The van der Waals surface area contributed by atoms with Crippen molar-refractivity contribution in [3.8, 4) is 0 Å². The molecule has 0 aliphatic carbocycles. The summed E-state index contributed by atoms with van der Waals surface area (Å²) in [6.45, 7) is 7.24. The Bertz CT molecular complexity index is 352. The van der Waals surface area contributed by atoms with Crippen molar-refractivity contribution in [3.63, 3.8) is 0 Å². The first kappa shape index (κ1) is 35.0. The molecule has 0 unspecified atom stereocenters. The highest BCUT2D eigenvalue weighted by molar-refractivity contribution is 4.55. The average molecular weight is 494 g/mol. The molecule has 0 N–H and O–H groups in total. The number of nitrogens with zero attached hydrogens (tertiary/aromatic N) is 1. The molecular weight excluding hydrogens is 422 g/mol. The van der Waals surface area contributed by atoms with E-state index in [2.05, 4.69) is 25.8 Å². The molecule has 35 heavy (non-hydrogen) atoms. The van der Waals surface area contributed by atoms with Crippen LogP contribution in [-0.4, -0.2) is 25.0 Å². The van der Waals surface area contributed by atoms with E-state index in [1.807, 2.05) is 0 Å². The van der Waals surface area contributed by atoms with E-state index < -0.39 is 0 Å². The molecule has 1 nitrogen and oxygen atoms in total. The highest BCUT2D eigenvalue weighted by atomic mass is 15.1. The van der Waals surface area contributed by atoms with E-state index in [1.54, 1.807) is 0 Å². The van der Waals surface area contributed by atoms with Gasteiger partial charge < -0.3 is 4.90 Å². The quantitative estimate of drug-likeness (QED) is 0.0867. The minimum absolute atomic E-state index is 1.31. The van der Waals surface area contributed by atoms with Crippen molar-refractivity contribution in [2.75, 3.05) is 20.1 Å². The topological polar surface area (TPSA) is 3.24 Å². The van der Waals surface area contributed by atoms with Gasteiger partial charge >= 0.3 is 0 Å². The van der Waals surface area contributed by atoms with Crippen LogP contribution in [0.3, 0.4) is 0 Å². The van der Waals surface area contributed by atoms with Crippen LogP contribution in [0.4, 0.5) is 0 Å². The predicted octanol–water partition coefficient (Wildman–Crippen LogP) is 12.3. The lowest BCUT2D eigenvalue weighted by atomic mass is 10.0. The van der Waals surface area contributed by atoms with Gasteiger partial charge in [-0.1, -0.05) is 187 Å². The molecule has 0 spiro atoms. The van der Waals surface area contributed by atoms with Gasteiger partial charge in [-0.3, -0.25) is 0 Å². The Labute approximate surface area is 225 Å². The summed E-state index contributed by atoms with van der Waals surface area (Å²) in [6, 6.07) is 0. The fraction of sp³-hybridized carbons (Fsp3) is 1.00. The summed E-state index contributed by atoms with van der Waals surface area (Å²) in [5.74, 6) is 0. The molecule has 0 aromatic carbocycles. The maximum absolute atomic E-state index is 2.58. The number of unbranched alkanes of at least 4 members (excludes halogenated alkanes) is 27. The average Bonchev–Trinajstić information content (AvgIpc) is 2.86. The zero-order valence-corrected chi connectivity index (χ0v) is 25.4. The van der Waals surface area contributed by atoms with Gasteiger partial charge in [-0.05, 0) is 33.0 Å². The molecule has 0 fully saturated rings. The number of hydrogen-bond acceptors (Lipinski definition) is 1. The standard InChI is InChI=1S/C34H71N/c1-4-6-8-10-12-14-15-16-17-18-19-20-21-22-23-24-26-28-30-32-34-35(3)33-31-29-27-25-13-11-9-7-5-2/h4-34H2,1-3H3. The molecule has 0 saturated heterocycles. The van der Waals surface area contributed by atoms with Gasteiger partial charge in [-0.15, -0.1) is 0 Å². The molecule has 0 atom stereocenters. The lowest BCUT2D eigenvalue weighted by molar-refractivity contribution is 0.314. The van der Waals surface area contributed by atoms with Crippen molar-refractivity contribution in [1.82, 2.24) is 4.90 Å². The molecular formula is C34H71N. The fourth-order valence-corrected chi connectivity index (χ4v) is 5.44. The van der Waals surface area contributed by atoms with E-state index in [0.717, 1.165) is 0 Å². The van der Waals surface area contributed by atoms with Crippen molar-refractivity contribution in [1.29, 1.82) is 0 Å². The van der Waals surface area contributed by atoms with Crippen LogP contribution in [0.5, 0.6) is 0 Å². The van der Waals surface area contributed by atoms with E-state index in [0.29, 0.717) is 0 Å². The molecule has 0 saturated carbocycles. The van der Waals surface area contributed by atoms with Crippen molar-refractivity contribution < 1.29 is 0 Å². The summed E-state index contributed by atoms with van der Waals surface area (Å²) < 4.78 is 0. The SMILES string of the molecule is CCCCCCCCCCCCCCCCCCCCCCN(C)CCCCCCCCCCC. The van der Waals surface area contributed by atoms with E-state index in [4.69, 9.17) is 0 Å². The van der Waals surface area contributed by atoms with Crippen molar-refractivity contribution in [2.45, 2.75) is 200 Å². The monoisotopic (exact) mass is 494 g/mol. The van der Waals surface area contributed by atoms with E-state index >= 15 is 0 Å². The zero-order chi connectivity index (χ0) is 25.5. The Morgan fingerprint density at radius 1 is 0.257 bits per heavy atom. The number of rotatable bonds is 31. The smallest absolute Gasteiger partial charge is 0.00218 e. The van der Waals surface area contributed by atoms with Gasteiger partial charge in [0.2, 0.25) is 0 Å². The van der Waals surface area contributed by atoms with Gasteiger partial charge in [0.1, 0.15) is 0 Å². The molecule has 212 valence electrons. The lowest BCUT2D eigenvalue weighted by Crippen LogP contribution is -2.20. The van der Waals surface area contributed by atoms with Crippen molar-refractivity contribution in [2.24, 2.45) is 0 Å². The fourth-order valence-electron chi connectivity index (χ4n) is 5.44. The second-order valence-electron chi connectivity index (χ2n) is 11.8. The van der Waals surface area contributed by atoms with Crippen LogP contribution in [-0.2, 0) is 0 Å². The van der Waals surface area contributed by atoms with Crippen LogP contribution >= 0.6 is 0 Å². The van der Waals surface area contributed by atoms with Crippen LogP contribution in [0.25, 0.3) is 0 Å². The Kier molecular flexibility index (Phi) is 32.0. The van der Waals surface area contributed by atoms with Gasteiger partial charge in [0.15, 0.2) is 0 Å². The first-order chi connectivity index (χ1) is 17.3.